The summed E-state index contributed by atoms with van der Waals surface area (Å²) in [6.45, 7) is -0.250. The van der Waals surface area contributed by atoms with Crippen molar-refractivity contribution in [2.45, 2.75) is 0 Å². The van der Waals surface area contributed by atoms with Crippen molar-refractivity contribution in [1.29, 1.82) is 0 Å². The van der Waals surface area contributed by atoms with Gasteiger partial charge in [0.25, 0.3) is 6.47 Å². The molecule has 0 spiro atoms. The van der Waals surface area contributed by atoms with Gasteiger partial charge < -0.3 is 15.0 Å². The molecule has 0 bridgehead atoms. The molecular weight excluding hydrogens is 174 g/mol. The zero-order valence-electron chi connectivity index (χ0n) is 7.01. The number of aromatic carboxylic acids is 1. The van der Waals surface area contributed by atoms with Gasteiger partial charge in [-0.15, -0.1) is 0 Å². The minimum atomic E-state index is -1.14. The smallest absolute Gasteiger partial charge is 0.290 e. The van der Waals surface area contributed by atoms with Gasteiger partial charge in [0, 0.05) is 6.07 Å². The summed E-state index contributed by atoms with van der Waals surface area (Å²) in [6, 6.07) is 3.15. The highest BCUT2D eigenvalue weighted by Gasteiger charge is 1.96. The van der Waals surface area contributed by atoms with Crippen molar-refractivity contribution in [1.82, 2.24) is 0 Å². The third-order valence-electron chi connectivity index (χ3n) is 1.18. The summed E-state index contributed by atoms with van der Waals surface area (Å²) in [4.78, 5) is 18.6. The summed E-state index contributed by atoms with van der Waals surface area (Å²) < 4.78 is 1.66. The van der Waals surface area contributed by atoms with Crippen molar-refractivity contribution in [3.05, 3.63) is 30.1 Å². The van der Waals surface area contributed by atoms with Gasteiger partial charge in [-0.1, -0.05) is 0 Å². The molecule has 1 heterocycles. The van der Waals surface area contributed by atoms with Crippen LogP contribution >= 0.6 is 0 Å². The molecule has 70 valence electrons. The number of carboxylic acids is 1. The van der Waals surface area contributed by atoms with Gasteiger partial charge in [-0.3, -0.25) is 4.79 Å². The molecule has 0 saturated carbocycles. The highest BCUT2D eigenvalue weighted by atomic mass is 16.4. The maximum Gasteiger partial charge on any atom is 0.290 e. The SMILES string of the molecule is C[n+]1cccc(C(=O)[O-])c1.O=CO. The zero-order chi connectivity index (χ0) is 10.3. The van der Waals surface area contributed by atoms with E-state index in [1.54, 1.807) is 23.9 Å². The molecule has 1 rings (SSSR count). The van der Waals surface area contributed by atoms with E-state index in [4.69, 9.17) is 9.90 Å². The molecule has 1 aromatic heterocycles. The first kappa shape index (κ1) is 11.1. The topological polar surface area (TPSA) is 81.3 Å². The van der Waals surface area contributed by atoms with Crippen LogP contribution in [0.1, 0.15) is 10.4 Å². The molecule has 0 fully saturated rings. The van der Waals surface area contributed by atoms with Crippen LogP contribution in [0.4, 0.5) is 0 Å². The number of carbonyl (C=O) groups excluding carboxylic acids is 1. The third-order valence-corrected chi connectivity index (χ3v) is 1.18. The zero-order valence-corrected chi connectivity index (χ0v) is 7.01. The number of carboxylic acid groups (broad SMARTS) is 2. The molecule has 1 aromatic rings. The summed E-state index contributed by atoms with van der Waals surface area (Å²) in [5, 5.41) is 17.1. The lowest BCUT2D eigenvalue weighted by Gasteiger charge is -1.96. The van der Waals surface area contributed by atoms with Gasteiger partial charge in [-0.2, -0.15) is 0 Å². The van der Waals surface area contributed by atoms with Crippen molar-refractivity contribution in [2.24, 2.45) is 7.05 Å². The van der Waals surface area contributed by atoms with E-state index in [0.717, 1.165) is 0 Å². The summed E-state index contributed by atoms with van der Waals surface area (Å²) in [6.07, 6.45) is 3.25. The van der Waals surface area contributed by atoms with E-state index < -0.39 is 5.97 Å². The Hall–Kier alpha value is -1.91. The fraction of sp³-hybridized carbons (Fsp3) is 0.125. The second-order valence-electron chi connectivity index (χ2n) is 2.15. The molecule has 5 heteroatoms. The maximum atomic E-state index is 10.2. The Kier molecular flexibility index (Phi) is 4.87. The summed E-state index contributed by atoms with van der Waals surface area (Å²) >= 11 is 0. The molecule has 0 aliphatic carbocycles. The summed E-state index contributed by atoms with van der Waals surface area (Å²) in [5.74, 6) is -1.14. The lowest BCUT2D eigenvalue weighted by atomic mass is 10.3. The first-order valence-corrected chi connectivity index (χ1v) is 3.36. The van der Waals surface area contributed by atoms with Gasteiger partial charge in [-0.05, 0) is 6.07 Å². The number of hydrogen-bond acceptors (Lipinski definition) is 3. The van der Waals surface area contributed by atoms with Crippen LogP contribution in [0.2, 0.25) is 0 Å². The van der Waals surface area contributed by atoms with E-state index in [1.807, 2.05) is 0 Å². The molecule has 0 atom stereocenters. The second kappa shape index (κ2) is 5.70. The minimum absolute atomic E-state index is 0.199. The highest BCUT2D eigenvalue weighted by Crippen LogP contribution is 1.89. The van der Waals surface area contributed by atoms with E-state index in [2.05, 4.69) is 0 Å². The molecule has 0 aliphatic heterocycles. The lowest BCUT2D eigenvalue weighted by Crippen LogP contribution is -2.31. The molecule has 0 radical (unpaired) electrons. The Labute approximate surface area is 74.9 Å². The predicted molar refractivity (Wildman–Crippen MR) is 40.6 cm³/mol. The molecule has 0 unspecified atom stereocenters. The first-order chi connectivity index (χ1) is 6.11. The maximum absolute atomic E-state index is 10.2. The van der Waals surface area contributed by atoms with Gasteiger partial charge in [0.05, 0.1) is 11.5 Å². The van der Waals surface area contributed by atoms with Gasteiger partial charge in [0.2, 0.25) is 0 Å². The van der Waals surface area contributed by atoms with Gasteiger partial charge in [-0.25, -0.2) is 4.57 Å². The largest absolute Gasteiger partial charge is 0.545 e. The van der Waals surface area contributed by atoms with Crippen LogP contribution in [-0.2, 0) is 11.8 Å². The Balaban J connectivity index is 0.000000424. The first-order valence-electron chi connectivity index (χ1n) is 3.36. The van der Waals surface area contributed by atoms with Crippen LogP contribution in [0.25, 0.3) is 0 Å². The standard InChI is InChI=1S/C7H7NO2.CH2O2/c1-8-4-2-3-6(5-8)7(9)10;2-1-3/h2-5H,1H3;1H,(H,2,3). The van der Waals surface area contributed by atoms with E-state index in [0.29, 0.717) is 0 Å². The molecule has 0 saturated heterocycles. The number of carbonyl (C=O) groups is 2. The van der Waals surface area contributed by atoms with Crippen LogP contribution in [0.15, 0.2) is 24.5 Å². The fourth-order valence-electron chi connectivity index (χ4n) is 0.709. The van der Waals surface area contributed by atoms with Gasteiger partial charge in [0.15, 0.2) is 12.4 Å². The number of aromatic nitrogens is 1. The number of rotatable bonds is 1. The minimum Gasteiger partial charge on any atom is -0.545 e. The van der Waals surface area contributed by atoms with E-state index in [1.165, 1.54) is 12.3 Å². The van der Waals surface area contributed by atoms with Crippen molar-refractivity contribution < 1.29 is 24.4 Å². The Morgan fingerprint density at radius 3 is 2.54 bits per heavy atom. The molecule has 5 nitrogen and oxygen atoms in total. The van der Waals surface area contributed by atoms with Crippen LogP contribution in [0, 0.1) is 0 Å². The van der Waals surface area contributed by atoms with Crippen LogP contribution in [-0.4, -0.2) is 17.5 Å². The Morgan fingerprint density at radius 1 is 1.69 bits per heavy atom. The number of pyridine rings is 1. The second-order valence-corrected chi connectivity index (χ2v) is 2.15. The van der Waals surface area contributed by atoms with E-state index in [9.17, 15) is 9.90 Å². The molecular formula is C8H9NO4. The third kappa shape index (κ3) is 4.52. The number of hydrogen-bond donors (Lipinski definition) is 1. The Bertz CT molecular complexity index is 298. The van der Waals surface area contributed by atoms with Gasteiger partial charge in [0.1, 0.15) is 7.05 Å². The molecule has 0 aliphatic rings. The normalized spacial score (nSPS) is 8.08. The van der Waals surface area contributed by atoms with E-state index in [-0.39, 0.29) is 12.0 Å². The number of aryl methyl sites for hydroxylation is 1. The quantitative estimate of drug-likeness (QED) is 0.427. The van der Waals surface area contributed by atoms with Crippen molar-refractivity contribution in [3.63, 3.8) is 0 Å². The molecule has 0 amide bonds. The molecule has 0 aromatic carbocycles. The van der Waals surface area contributed by atoms with Crippen molar-refractivity contribution >= 4 is 12.4 Å². The van der Waals surface area contributed by atoms with Crippen LogP contribution in [0.3, 0.4) is 0 Å². The lowest BCUT2D eigenvalue weighted by molar-refractivity contribution is -0.671. The predicted octanol–water partition coefficient (Wildman–Crippen LogP) is -1.42. The summed E-state index contributed by atoms with van der Waals surface area (Å²) in [5.41, 5.74) is 0.199. The average molecular weight is 183 g/mol. The number of nitrogens with zero attached hydrogens (tertiary/aromatic N) is 1. The monoisotopic (exact) mass is 183 g/mol. The van der Waals surface area contributed by atoms with E-state index >= 15 is 0 Å². The molecule has 13 heavy (non-hydrogen) atoms. The van der Waals surface area contributed by atoms with Crippen molar-refractivity contribution in [2.75, 3.05) is 0 Å². The summed E-state index contributed by atoms with van der Waals surface area (Å²) in [7, 11) is 1.76. The fourth-order valence-corrected chi connectivity index (χ4v) is 0.709. The van der Waals surface area contributed by atoms with Crippen LogP contribution in [0.5, 0.6) is 0 Å². The van der Waals surface area contributed by atoms with Gasteiger partial charge >= 0.3 is 0 Å². The van der Waals surface area contributed by atoms with Crippen LogP contribution < -0.4 is 9.67 Å². The highest BCUT2D eigenvalue weighted by molar-refractivity contribution is 5.84. The Morgan fingerprint density at radius 2 is 2.23 bits per heavy atom. The van der Waals surface area contributed by atoms with Crippen molar-refractivity contribution in [3.8, 4) is 0 Å². The average Bonchev–Trinajstić information content (AvgIpc) is 2.05. The molecule has 1 N–H and O–H groups in total.